The van der Waals surface area contributed by atoms with Gasteiger partial charge in [0.2, 0.25) is 0 Å². The number of carboxylic acid groups (broad SMARTS) is 1. The average molecular weight is 357 g/mol. The minimum atomic E-state index is -0.805. The average Bonchev–Trinajstić information content (AvgIpc) is 3.03. The van der Waals surface area contributed by atoms with Gasteiger partial charge in [0.25, 0.3) is 5.91 Å². The molecule has 0 bridgehead atoms. The van der Waals surface area contributed by atoms with Crippen LogP contribution in [0.1, 0.15) is 56.1 Å². The van der Waals surface area contributed by atoms with Gasteiger partial charge < -0.3 is 15.0 Å². The molecule has 1 fully saturated rings. The van der Waals surface area contributed by atoms with E-state index >= 15 is 0 Å². The van der Waals surface area contributed by atoms with E-state index in [9.17, 15) is 14.7 Å². The maximum atomic E-state index is 12.4. The number of rotatable bonds is 5. The maximum absolute atomic E-state index is 12.4. The monoisotopic (exact) mass is 356 g/mol. The molecule has 0 radical (unpaired) electrons. The first-order chi connectivity index (χ1) is 9.85. The Morgan fingerprint density at radius 2 is 2.05 bits per heavy atom. The molecule has 0 saturated heterocycles. The molecule has 5 nitrogen and oxygen atoms in total. The van der Waals surface area contributed by atoms with Gasteiger partial charge in [-0.1, -0.05) is 12.8 Å². The number of carboxylic acids is 1. The summed E-state index contributed by atoms with van der Waals surface area (Å²) in [7, 11) is 0. The van der Waals surface area contributed by atoms with Gasteiger partial charge in [0.05, 0.1) is 5.41 Å². The zero-order valence-electron chi connectivity index (χ0n) is 12.4. The molecule has 1 heterocycles. The van der Waals surface area contributed by atoms with Crippen molar-refractivity contribution in [2.45, 2.75) is 45.6 Å². The van der Waals surface area contributed by atoms with Crippen molar-refractivity contribution in [3.05, 3.63) is 22.4 Å². The van der Waals surface area contributed by atoms with Gasteiger partial charge in [-0.05, 0) is 48.7 Å². The molecule has 2 rings (SSSR count). The molecule has 0 unspecified atom stereocenters. The van der Waals surface area contributed by atoms with Gasteiger partial charge in [-0.2, -0.15) is 0 Å². The summed E-state index contributed by atoms with van der Waals surface area (Å²) < 4.78 is 2.72. The highest BCUT2D eigenvalue weighted by atomic mass is 79.9. The van der Waals surface area contributed by atoms with Crippen LogP contribution >= 0.6 is 15.9 Å². The highest BCUT2D eigenvalue weighted by Gasteiger charge is 2.41. The molecule has 0 aromatic carbocycles. The van der Waals surface area contributed by atoms with E-state index in [-0.39, 0.29) is 18.5 Å². The van der Waals surface area contributed by atoms with Gasteiger partial charge >= 0.3 is 5.97 Å². The summed E-state index contributed by atoms with van der Waals surface area (Å²) in [5.74, 6) is -1.03. The van der Waals surface area contributed by atoms with Crippen molar-refractivity contribution in [2.75, 3.05) is 6.54 Å². The summed E-state index contributed by atoms with van der Waals surface area (Å²) in [5.41, 5.74) is -0.238. The summed E-state index contributed by atoms with van der Waals surface area (Å²) in [6.45, 7) is 4.19. The maximum Gasteiger partial charge on any atom is 0.311 e. The number of amides is 1. The van der Waals surface area contributed by atoms with Crippen LogP contribution in [0, 0.1) is 5.41 Å². The van der Waals surface area contributed by atoms with Gasteiger partial charge in [-0.3, -0.25) is 9.59 Å². The molecule has 6 heteroatoms. The van der Waals surface area contributed by atoms with Crippen LogP contribution in [-0.4, -0.2) is 28.1 Å². The zero-order chi connectivity index (χ0) is 15.6. The summed E-state index contributed by atoms with van der Waals surface area (Å²) in [6, 6.07) is 1.93. The van der Waals surface area contributed by atoms with Crippen molar-refractivity contribution in [1.82, 2.24) is 9.88 Å². The molecule has 1 amide bonds. The number of nitrogens with one attached hydrogen (secondary N) is 1. The van der Waals surface area contributed by atoms with E-state index in [1.807, 2.05) is 24.6 Å². The Balaban J connectivity index is 2.10. The van der Waals surface area contributed by atoms with E-state index in [1.54, 1.807) is 6.07 Å². The molecule has 0 spiro atoms. The van der Waals surface area contributed by atoms with E-state index in [4.69, 9.17) is 0 Å². The lowest BCUT2D eigenvalue weighted by molar-refractivity contribution is -0.148. The number of aromatic nitrogens is 1. The Morgan fingerprint density at radius 3 is 2.57 bits per heavy atom. The van der Waals surface area contributed by atoms with Gasteiger partial charge in [0.15, 0.2) is 0 Å². The molecule has 116 valence electrons. The third-order valence-corrected chi connectivity index (χ3v) is 4.64. The molecule has 1 aromatic heterocycles. The van der Waals surface area contributed by atoms with Crippen LogP contribution < -0.4 is 5.32 Å². The molecule has 1 saturated carbocycles. The third-order valence-electron chi connectivity index (χ3n) is 4.21. The largest absolute Gasteiger partial charge is 0.481 e. The van der Waals surface area contributed by atoms with Crippen molar-refractivity contribution in [2.24, 2.45) is 5.41 Å². The van der Waals surface area contributed by atoms with Crippen LogP contribution in [0.2, 0.25) is 0 Å². The van der Waals surface area contributed by atoms with E-state index in [1.165, 1.54) is 0 Å². The Kier molecular flexibility index (Phi) is 4.76. The van der Waals surface area contributed by atoms with Crippen molar-refractivity contribution < 1.29 is 14.7 Å². The molecule has 1 aliphatic carbocycles. The van der Waals surface area contributed by atoms with Crippen molar-refractivity contribution >= 4 is 27.8 Å². The fraction of sp³-hybridized carbons (Fsp3) is 0.600. The topological polar surface area (TPSA) is 71.3 Å². The Morgan fingerprint density at radius 1 is 1.43 bits per heavy atom. The normalized spacial score (nSPS) is 17.1. The van der Waals surface area contributed by atoms with E-state index in [2.05, 4.69) is 21.2 Å². The summed E-state index contributed by atoms with van der Waals surface area (Å²) in [5, 5.41) is 12.2. The van der Waals surface area contributed by atoms with Crippen molar-refractivity contribution in [3.8, 4) is 0 Å². The second-order valence-corrected chi connectivity index (χ2v) is 6.94. The second-order valence-electron chi connectivity index (χ2n) is 6.02. The Hall–Kier alpha value is -1.30. The van der Waals surface area contributed by atoms with Crippen LogP contribution in [0.4, 0.5) is 0 Å². The molecule has 0 atom stereocenters. The van der Waals surface area contributed by atoms with E-state index in [0.717, 1.165) is 17.3 Å². The quantitative estimate of drug-likeness (QED) is 0.850. The highest BCUT2D eigenvalue weighted by Crippen LogP contribution is 2.37. The molecule has 1 aliphatic rings. The minimum absolute atomic E-state index is 0.164. The lowest BCUT2D eigenvalue weighted by Crippen LogP contribution is -2.41. The highest BCUT2D eigenvalue weighted by molar-refractivity contribution is 9.10. The van der Waals surface area contributed by atoms with Gasteiger partial charge in [0, 0.05) is 23.3 Å². The van der Waals surface area contributed by atoms with Gasteiger partial charge in [-0.25, -0.2) is 0 Å². The number of carbonyl (C=O) groups excluding carboxylic acids is 1. The first-order valence-corrected chi connectivity index (χ1v) is 8.04. The van der Waals surface area contributed by atoms with Crippen molar-refractivity contribution in [3.63, 3.8) is 0 Å². The molecular formula is C15H21BrN2O3. The predicted molar refractivity (Wildman–Crippen MR) is 83.4 cm³/mol. The molecular weight excluding hydrogens is 336 g/mol. The Labute approximate surface area is 132 Å². The predicted octanol–water partition coefficient (Wildman–Crippen LogP) is 3.21. The smallest absolute Gasteiger partial charge is 0.311 e. The first-order valence-electron chi connectivity index (χ1n) is 7.25. The van der Waals surface area contributed by atoms with Crippen LogP contribution in [0.25, 0.3) is 0 Å². The number of aliphatic carboxylic acids is 1. The van der Waals surface area contributed by atoms with Crippen LogP contribution in [0.5, 0.6) is 0 Å². The number of halogens is 1. The fourth-order valence-electron chi connectivity index (χ4n) is 2.91. The Bertz CT molecular complexity index is 545. The lowest BCUT2D eigenvalue weighted by atomic mass is 9.86. The standard InChI is InChI=1S/C15H21BrN2O3/c1-10(2)18-8-11(16)7-12(18)13(19)17-9-15(14(20)21)5-3-4-6-15/h7-8,10H,3-6,9H2,1-2H3,(H,17,19)(H,20,21). The van der Waals surface area contributed by atoms with Gasteiger partial charge in [0.1, 0.15) is 5.69 Å². The first kappa shape index (κ1) is 16.1. The number of nitrogens with zero attached hydrogens (tertiary/aromatic N) is 1. The van der Waals surface area contributed by atoms with E-state index < -0.39 is 11.4 Å². The van der Waals surface area contributed by atoms with E-state index in [0.29, 0.717) is 18.5 Å². The van der Waals surface area contributed by atoms with Crippen LogP contribution in [-0.2, 0) is 4.79 Å². The summed E-state index contributed by atoms with van der Waals surface area (Å²) >= 11 is 3.38. The number of hydrogen-bond donors (Lipinski definition) is 2. The van der Waals surface area contributed by atoms with Crippen LogP contribution in [0.3, 0.4) is 0 Å². The molecule has 1 aromatic rings. The fourth-order valence-corrected chi connectivity index (χ4v) is 3.35. The summed E-state index contributed by atoms with van der Waals surface area (Å²) in [4.78, 5) is 23.8. The zero-order valence-corrected chi connectivity index (χ0v) is 13.9. The molecule has 2 N–H and O–H groups in total. The van der Waals surface area contributed by atoms with Gasteiger partial charge in [-0.15, -0.1) is 0 Å². The summed E-state index contributed by atoms with van der Waals surface area (Å²) in [6.07, 6.45) is 4.96. The molecule has 21 heavy (non-hydrogen) atoms. The third kappa shape index (κ3) is 3.31. The lowest BCUT2D eigenvalue weighted by Gasteiger charge is -2.24. The number of hydrogen-bond acceptors (Lipinski definition) is 2. The SMILES string of the molecule is CC(C)n1cc(Br)cc1C(=O)NCC1(C(=O)O)CCCC1. The molecule has 0 aliphatic heterocycles. The second kappa shape index (κ2) is 6.22. The minimum Gasteiger partial charge on any atom is -0.481 e. The number of carbonyl (C=O) groups is 2. The van der Waals surface area contributed by atoms with Crippen LogP contribution in [0.15, 0.2) is 16.7 Å². The van der Waals surface area contributed by atoms with Crippen molar-refractivity contribution in [1.29, 1.82) is 0 Å².